The number of pyridine rings is 1. The van der Waals surface area contributed by atoms with E-state index in [1.165, 1.54) is 0 Å². The van der Waals surface area contributed by atoms with Crippen LogP contribution in [0.2, 0.25) is 0 Å². The predicted octanol–water partition coefficient (Wildman–Crippen LogP) is 3.61. The number of hydrogen-bond acceptors (Lipinski definition) is 3. The zero-order chi connectivity index (χ0) is 13.8. The highest BCUT2D eigenvalue weighted by Crippen LogP contribution is 2.26. The molecule has 2 heterocycles. The van der Waals surface area contributed by atoms with Crippen LogP contribution in [0, 0.1) is 11.3 Å². The van der Waals surface area contributed by atoms with Gasteiger partial charge in [-0.3, -0.25) is 4.79 Å². The van der Waals surface area contributed by atoms with Crippen molar-refractivity contribution in [3.63, 3.8) is 0 Å². The van der Waals surface area contributed by atoms with Crippen molar-refractivity contribution in [1.82, 2.24) is 4.57 Å². The first-order valence-corrected chi connectivity index (χ1v) is 7.22. The van der Waals surface area contributed by atoms with Crippen LogP contribution < -0.4 is 5.56 Å². The summed E-state index contributed by atoms with van der Waals surface area (Å²) in [4.78, 5) is 13.6. The molecule has 0 aliphatic heterocycles. The van der Waals surface area contributed by atoms with Crippen molar-refractivity contribution in [2.75, 3.05) is 0 Å². The van der Waals surface area contributed by atoms with E-state index in [0.717, 1.165) is 17.0 Å². The normalized spacial score (nSPS) is 12.1. The molecule has 2 aromatic rings. The van der Waals surface area contributed by atoms with Crippen molar-refractivity contribution in [2.24, 2.45) is 0 Å². The van der Waals surface area contributed by atoms with Crippen LogP contribution >= 0.6 is 11.3 Å². The Morgan fingerprint density at radius 1 is 1.42 bits per heavy atom. The lowest BCUT2D eigenvalue weighted by Crippen LogP contribution is -2.27. The molecule has 1 atom stereocenters. The fraction of sp³-hybridized carbons (Fsp3) is 0.333. The Morgan fingerprint density at radius 2 is 2.21 bits per heavy atom. The van der Waals surface area contributed by atoms with Crippen LogP contribution in [0.3, 0.4) is 0 Å². The van der Waals surface area contributed by atoms with Gasteiger partial charge in [0.15, 0.2) is 0 Å². The lowest BCUT2D eigenvalue weighted by Gasteiger charge is -2.18. The second-order valence-corrected chi connectivity index (χ2v) is 5.44. The van der Waals surface area contributed by atoms with E-state index < -0.39 is 0 Å². The minimum Gasteiger partial charge on any atom is -0.304 e. The smallest absolute Gasteiger partial charge is 0.255 e. The van der Waals surface area contributed by atoms with Crippen molar-refractivity contribution >= 4 is 11.3 Å². The molecule has 2 rings (SSSR count). The van der Waals surface area contributed by atoms with Gasteiger partial charge < -0.3 is 4.57 Å². The maximum atomic E-state index is 12.5. The Labute approximate surface area is 116 Å². The molecule has 4 heteroatoms. The first-order chi connectivity index (χ1) is 9.19. The zero-order valence-corrected chi connectivity index (χ0v) is 11.9. The Hall–Kier alpha value is -1.86. The SMILES string of the molecule is CCC(C)n1c(-c2cccs2)ccc(CC#N)c1=O. The van der Waals surface area contributed by atoms with E-state index in [-0.39, 0.29) is 18.0 Å². The van der Waals surface area contributed by atoms with E-state index >= 15 is 0 Å². The second-order valence-electron chi connectivity index (χ2n) is 4.49. The van der Waals surface area contributed by atoms with Crippen molar-refractivity contribution in [2.45, 2.75) is 32.7 Å². The van der Waals surface area contributed by atoms with Crippen LogP contribution in [0.15, 0.2) is 34.4 Å². The summed E-state index contributed by atoms with van der Waals surface area (Å²) in [6, 6.07) is 9.91. The number of nitriles is 1. The Bertz CT molecular complexity index is 650. The lowest BCUT2D eigenvalue weighted by atomic mass is 10.1. The average Bonchev–Trinajstić information content (AvgIpc) is 2.94. The number of thiophene rings is 1. The maximum Gasteiger partial charge on any atom is 0.255 e. The molecule has 3 nitrogen and oxygen atoms in total. The van der Waals surface area contributed by atoms with E-state index in [0.29, 0.717) is 5.56 Å². The van der Waals surface area contributed by atoms with E-state index in [4.69, 9.17) is 5.26 Å². The van der Waals surface area contributed by atoms with Gasteiger partial charge in [-0.15, -0.1) is 11.3 Å². The standard InChI is InChI=1S/C15H16N2OS/c1-3-11(2)17-13(14-5-4-10-19-14)7-6-12(8-9-16)15(17)18/h4-7,10-11H,3,8H2,1-2H3. The third-order valence-electron chi connectivity index (χ3n) is 3.27. The van der Waals surface area contributed by atoms with Crippen LogP contribution in [0.4, 0.5) is 0 Å². The van der Waals surface area contributed by atoms with Crippen molar-refractivity contribution in [3.8, 4) is 16.6 Å². The number of aromatic nitrogens is 1. The molecule has 0 fully saturated rings. The molecular weight excluding hydrogens is 256 g/mol. The summed E-state index contributed by atoms with van der Waals surface area (Å²) in [5, 5.41) is 10.8. The van der Waals surface area contributed by atoms with Crippen molar-refractivity contribution in [1.29, 1.82) is 5.26 Å². The molecule has 0 saturated heterocycles. The Balaban J connectivity index is 2.66. The van der Waals surface area contributed by atoms with Crippen LogP contribution in [-0.4, -0.2) is 4.57 Å². The Kier molecular flexibility index (Phi) is 4.18. The lowest BCUT2D eigenvalue weighted by molar-refractivity contribution is 0.517. The third-order valence-corrected chi connectivity index (χ3v) is 4.16. The quantitative estimate of drug-likeness (QED) is 0.853. The molecule has 0 saturated carbocycles. The second kappa shape index (κ2) is 5.85. The van der Waals surface area contributed by atoms with Crippen LogP contribution in [0.1, 0.15) is 31.9 Å². The topological polar surface area (TPSA) is 45.8 Å². The molecular formula is C15H16N2OS. The molecule has 0 bridgehead atoms. The molecule has 19 heavy (non-hydrogen) atoms. The van der Waals surface area contributed by atoms with Gasteiger partial charge in [0.1, 0.15) is 0 Å². The van der Waals surface area contributed by atoms with Crippen molar-refractivity contribution < 1.29 is 0 Å². The molecule has 0 aliphatic carbocycles. The summed E-state index contributed by atoms with van der Waals surface area (Å²) in [7, 11) is 0. The van der Waals surface area contributed by atoms with E-state index in [1.54, 1.807) is 17.4 Å². The predicted molar refractivity (Wildman–Crippen MR) is 78.3 cm³/mol. The summed E-state index contributed by atoms with van der Waals surface area (Å²) >= 11 is 1.62. The van der Waals surface area contributed by atoms with Gasteiger partial charge in [-0.05, 0) is 30.9 Å². The summed E-state index contributed by atoms with van der Waals surface area (Å²) < 4.78 is 1.82. The highest BCUT2D eigenvalue weighted by Gasteiger charge is 2.14. The molecule has 0 radical (unpaired) electrons. The summed E-state index contributed by atoms with van der Waals surface area (Å²) in [5.74, 6) is 0. The third kappa shape index (κ3) is 2.61. The summed E-state index contributed by atoms with van der Waals surface area (Å²) in [6.07, 6.45) is 1.05. The minimum atomic E-state index is -0.0400. The average molecular weight is 272 g/mol. The van der Waals surface area contributed by atoms with Gasteiger partial charge in [0.25, 0.3) is 5.56 Å². The number of rotatable bonds is 4. The molecule has 0 amide bonds. The molecule has 2 aromatic heterocycles. The highest BCUT2D eigenvalue weighted by atomic mass is 32.1. The highest BCUT2D eigenvalue weighted by molar-refractivity contribution is 7.13. The van der Waals surface area contributed by atoms with Crippen LogP contribution in [0.25, 0.3) is 10.6 Å². The first-order valence-electron chi connectivity index (χ1n) is 6.34. The minimum absolute atomic E-state index is 0.0400. The molecule has 0 aliphatic rings. The van der Waals surface area contributed by atoms with Crippen LogP contribution in [0.5, 0.6) is 0 Å². The molecule has 0 spiro atoms. The number of nitrogens with zero attached hydrogens (tertiary/aromatic N) is 2. The molecule has 98 valence electrons. The van der Waals surface area contributed by atoms with E-state index in [9.17, 15) is 4.79 Å². The van der Waals surface area contributed by atoms with E-state index in [2.05, 4.69) is 13.0 Å². The fourth-order valence-corrected chi connectivity index (χ4v) is 2.81. The largest absolute Gasteiger partial charge is 0.304 e. The van der Waals surface area contributed by atoms with Gasteiger partial charge in [0, 0.05) is 11.6 Å². The maximum absolute atomic E-state index is 12.5. The van der Waals surface area contributed by atoms with Gasteiger partial charge >= 0.3 is 0 Å². The molecule has 1 unspecified atom stereocenters. The summed E-state index contributed by atoms with van der Waals surface area (Å²) in [5.41, 5.74) is 1.47. The fourth-order valence-electron chi connectivity index (χ4n) is 2.06. The molecule has 0 aromatic carbocycles. The monoisotopic (exact) mass is 272 g/mol. The van der Waals surface area contributed by atoms with Gasteiger partial charge in [0.2, 0.25) is 0 Å². The molecule has 0 N–H and O–H groups in total. The van der Waals surface area contributed by atoms with Gasteiger partial charge in [-0.2, -0.15) is 5.26 Å². The summed E-state index contributed by atoms with van der Waals surface area (Å²) in [6.45, 7) is 4.10. The van der Waals surface area contributed by atoms with Crippen molar-refractivity contribution in [3.05, 3.63) is 45.6 Å². The van der Waals surface area contributed by atoms with Gasteiger partial charge in [-0.25, -0.2) is 0 Å². The van der Waals surface area contributed by atoms with Gasteiger partial charge in [-0.1, -0.05) is 19.1 Å². The Morgan fingerprint density at radius 3 is 2.79 bits per heavy atom. The number of hydrogen-bond donors (Lipinski definition) is 0. The zero-order valence-electron chi connectivity index (χ0n) is 11.1. The van der Waals surface area contributed by atoms with Gasteiger partial charge in [0.05, 0.1) is 23.1 Å². The van der Waals surface area contributed by atoms with E-state index in [1.807, 2.05) is 35.1 Å². The van der Waals surface area contributed by atoms with Crippen LogP contribution in [-0.2, 0) is 6.42 Å². The first kappa shape index (κ1) is 13.6.